The summed E-state index contributed by atoms with van der Waals surface area (Å²) in [6, 6.07) is 3.67. The molecule has 1 aromatic carbocycles. The lowest BCUT2D eigenvalue weighted by Gasteiger charge is -2.05. The standard InChI is InChI=1S/C10H10BrClO2/c1-6-3-7(5-9(13)14-2)4-8(12)10(6)11/h3-4H,5H2,1-2H3. The van der Waals surface area contributed by atoms with Crippen molar-refractivity contribution in [3.8, 4) is 0 Å². The fourth-order valence-corrected chi connectivity index (χ4v) is 1.66. The van der Waals surface area contributed by atoms with Gasteiger partial charge in [-0.1, -0.05) is 17.7 Å². The molecule has 0 aliphatic carbocycles. The van der Waals surface area contributed by atoms with Gasteiger partial charge in [0.25, 0.3) is 0 Å². The van der Waals surface area contributed by atoms with Crippen LogP contribution in [-0.4, -0.2) is 13.1 Å². The normalized spacial score (nSPS) is 10.0. The molecule has 0 saturated heterocycles. The summed E-state index contributed by atoms with van der Waals surface area (Å²) in [5.41, 5.74) is 1.87. The third-order valence-electron chi connectivity index (χ3n) is 1.85. The van der Waals surface area contributed by atoms with Crippen molar-refractivity contribution < 1.29 is 9.53 Å². The van der Waals surface area contributed by atoms with Crippen LogP contribution in [0.25, 0.3) is 0 Å². The molecule has 0 aromatic heterocycles. The molecule has 0 atom stereocenters. The molecule has 1 rings (SSSR count). The Morgan fingerprint density at radius 2 is 2.21 bits per heavy atom. The van der Waals surface area contributed by atoms with Crippen LogP contribution in [0.2, 0.25) is 5.02 Å². The maximum absolute atomic E-state index is 11.0. The fraction of sp³-hybridized carbons (Fsp3) is 0.300. The van der Waals surface area contributed by atoms with Crippen molar-refractivity contribution in [1.29, 1.82) is 0 Å². The fourth-order valence-electron chi connectivity index (χ4n) is 1.14. The number of rotatable bonds is 2. The minimum atomic E-state index is -0.261. The Bertz CT molecular complexity index is 340. The van der Waals surface area contributed by atoms with E-state index in [1.807, 2.05) is 13.0 Å². The second-order valence-corrected chi connectivity index (χ2v) is 4.16. The van der Waals surface area contributed by atoms with E-state index in [1.54, 1.807) is 6.07 Å². The quantitative estimate of drug-likeness (QED) is 0.776. The van der Waals surface area contributed by atoms with Crippen molar-refractivity contribution >= 4 is 33.5 Å². The van der Waals surface area contributed by atoms with Crippen molar-refractivity contribution in [3.63, 3.8) is 0 Å². The summed E-state index contributed by atoms with van der Waals surface area (Å²) < 4.78 is 5.44. The molecule has 14 heavy (non-hydrogen) atoms. The molecular formula is C10H10BrClO2. The van der Waals surface area contributed by atoms with Gasteiger partial charge in [0.15, 0.2) is 0 Å². The molecule has 76 valence electrons. The zero-order chi connectivity index (χ0) is 10.7. The molecule has 0 N–H and O–H groups in total. The van der Waals surface area contributed by atoms with Gasteiger partial charge in [-0.25, -0.2) is 0 Å². The monoisotopic (exact) mass is 276 g/mol. The number of hydrogen-bond donors (Lipinski definition) is 0. The summed E-state index contributed by atoms with van der Waals surface area (Å²) in [6.07, 6.45) is 0.254. The highest BCUT2D eigenvalue weighted by Gasteiger charge is 2.07. The highest BCUT2D eigenvalue weighted by molar-refractivity contribution is 9.10. The summed E-state index contributed by atoms with van der Waals surface area (Å²) in [5, 5.41) is 0.615. The molecule has 0 fully saturated rings. The molecule has 0 spiro atoms. The topological polar surface area (TPSA) is 26.3 Å². The minimum absolute atomic E-state index is 0.254. The van der Waals surface area contributed by atoms with E-state index in [4.69, 9.17) is 11.6 Å². The molecule has 2 nitrogen and oxygen atoms in total. The maximum Gasteiger partial charge on any atom is 0.309 e. The molecule has 0 unspecified atom stereocenters. The van der Waals surface area contributed by atoms with E-state index in [-0.39, 0.29) is 12.4 Å². The Morgan fingerprint density at radius 1 is 1.57 bits per heavy atom. The van der Waals surface area contributed by atoms with Crippen LogP contribution in [0.4, 0.5) is 0 Å². The first-order valence-corrected chi connectivity index (χ1v) is 5.23. The number of hydrogen-bond acceptors (Lipinski definition) is 2. The van der Waals surface area contributed by atoms with Gasteiger partial charge in [0.1, 0.15) is 0 Å². The van der Waals surface area contributed by atoms with Gasteiger partial charge in [0.2, 0.25) is 0 Å². The third-order valence-corrected chi connectivity index (χ3v) is 3.43. The average Bonchev–Trinajstić information content (AvgIpc) is 2.14. The van der Waals surface area contributed by atoms with Crippen molar-refractivity contribution in [3.05, 3.63) is 32.8 Å². The molecule has 4 heteroatoms. The Labute approximate surface area is 96.3 Å². The first kappa shape index (κ1) is 11.5. The first-order chi connectivity index (χ1) is 6.54. The highest BCUT2D eigenvalue weighted by atomic mass is 79.9. The van der Waals surface area contributed by atoms with Crippen LogP contribution >= 0.6 is 27.5 Å². The molecule has 0 radical (unpaired) electrons. The average molecular weight is 278 g/mol. The number of esters is 1. The zero-order valence-electron chi connectivity index (χ0n) is 7.93. The van der Waals surface area contributed by atoms with Gasteiger partial charge in [0, 0.05) is 4.47 Å². The van der Waals surface area contributed by atoms with Gasteiger partial charge in [0.05, 0.1) is 18.6 Å². The predicted molar refractivity (Wildman–Crippen MR) is 59.6 cm³/mol. The Kier molecular flexibility index (Phi) is 3.96. The number of halogens is 2. The zero-order valence-corrected chi connectivity index (χ0v) is 10.3. The van der Waals surface area contributed by atoms with E-state index in [9.17, 15) is 4.79 Å². The van der Waals surface area contributed by atoms with Crippen LogP contribution < -0.4 is 0 Å². The van der Waals surface area contributed by atoms with Crippen molar-refractivity contribution in [1.82, 2.24) is 0 Å². The molecule has 0 heterocycles. The van der Waals surface area contributed by atoms with Crippen LogP contribution in [0.15, 0.2) is 16.6 Å². The van der Waals surface area contributed by atoms with E-state index in [1.165, 1.54) is 7.11 Å². The van der Waals surface area contributed by atoms with Crippen LogP contribution in [0.3, 0.4) is 0 Å². The second-order valence-electron chi connectivity index (χ2n) is 2.96. The van der Waals surface area contributed by atoms with E-state index in [2.05, 4.69) is 20.7 Å². The minimum Gasteiger partial charge on any atom is -0.469 e. The number of aryl methyl sites for hydroxylation is 1. The summed E-state index contributed by atoms with van der Waals surface area (Å²) in [4.78, 5) is 11.0. The summed E-state index contributed by atoms with van der Waals surface area (Å²) in [5.74, 6) is -0.261. The van der Waals surface area contributed by atoms with E-state index >= 15 is 0 Å². The maximum atomic E-state index is 11.0. The second kappa shape index (κ2) is 4.80. The molecule has 0 aliphatic rings. The summed E-state index contributed by atoms with van der Waals surface area (Å²) >= 11 is 9.30. The highest BCUT2D eigenvalue weighted by Crippen LogP contribution is 2.27. The van der Waals surface area contributed by atoms with Crippen LogP contribution in [0, 0.1) is 6.92 Å². The number of carbonyl (C=O) groups excluding carboxylic acids is 1. The van der Waals surface area contributed by atoms with Gasteiger partial charge in [-0.3, -0.25) is 4.79 Å². The van der Waals surface area contributed by atoms with Gasteiger partial charge < -0.3 is 4.74 Å². The van der Waals surface area contributed by atoms with Crippen LogP contribution in [0.1, 0.15) is 11.1 Å². The SMILES string of the molecule is COC(=O)Cc1cc(C)c(Br)c(Cl)c1. The predicted octanol–water partition coefficient (Wildman–Crippen LogP) is 3.13. The van der Waals surface area contributed by atoms with E-state index in [0.29, 0.717) is 5.02 Å². The largest absolute Gasteiger partial charge is 0.469 e. The Hall–Kier alpha value is -0.540. The Morgan fingerprint density at radius 3 is 2.71 bits per heavy atom. The molecule has 0 saturated carbocycles. The van der Waals surface area contributed by atoms with Crippen molar-refractivity contribution in [2.45, 2.75) is 13.3 Å². The van der Waals surface area contributed by atoms with E-state index in [0.717, 1.165) is 15.6 Å². The van der Waals surface area contributed by atoms with Crippen molar-refractivity contribution in [2.24, 2.45) is 0 Å². The first-order valence-electron chi connectivity index (χ1n) is 4.06. The third kappa shape index (κ3) is 2.72. The van der Waals surface area contributed by atoms with Gasteiger partial charge in [-0.2, -0.15) is 0 Å². The molecular weight excluding hydrogens is 267 g/mol. The lowest BCUT2D eigenvalue weighted by Crippen LogP contribution is -2.04. The lowest BCUT2D eigenvalue weighted by molar-refractivity contribution is -0.139. The van der Waals surface area contributed by atoms with E-state index < -0.39 is 0 Å². The van der Waals surface area contributed by atoms with Crippen molar-refractivity contribution in [2.75, 3.05) is 7.11 Å². The van der Waals surface area contributed by atoms with Crippen LogP contribution in [-0.2, 0) is 16.0 Å². The number of carbonyl (C=O) groups is 1. The Balaban J connectivity index is 2.95. The van der Waals surface area contributed by atoms with Crippen LogP contribution in [0.5, 0.6) is 0 Å². The molecule has 0 bridgehead atoms. The number of ether oxygens (including phenoxy) is 1. The smallest absolute Gasteiger partial charge is 0.309 e. The number of benzene rings is 1. The number of methoxy groups -OCH3 is 1. The molecule has 1 aromatic rings. The molecule has 0 amide bonds. The lowest BCUT2D eigenvalue weighted by atomic mass is 10.1. The van der Waals surface area contributed by atoms with Gasteiger partial charge in [-0.15, -0.1) is 0 Å². The van der Waals surface area contributed by atoms with Gasteiger partial charge in [-0.05, 0) is 40.0 Å². The van der Waals surface area contributed by atoms with Gasteiger partial charge >= 0.3 is 5.97 Å². The summed E-state index contributed by atoms with van der Waals surface area (Å²) in [6.45, 7) is 1.93. The summed E-state index contributed by atoms with van der Waals surface area (Å²) in [7, 11) is 1.37. The molecule has 0 aliphatic heterocycles.